The fourth-order valence-electron chi connectivity index (χ4n) is 1.66. The van der Waals surface area contributed by atoms with Crippen molar-refractivity contribution in [2.24, 2.45) is 0 Å². The van der Waals surface area contributed by atoms with Crippen LogP contribution in [-0.2, 0) is 6.54 Å². The van der Waals surface area contributed by atoms with Gasteiger partial charge in [-0.1, -0.05) is 18.2 Å². The van der Waals surface area contributed by atoms with Crippen molar-refractivity contribution in [1.82, 2.24) is 4.57 Å². The average Bonchev–Trinajstić information content (AvgIpc) is 2.23. The van der Waals surface area contributed by atoms with Crippen LogP contribution in [0.25, 0.3) is 10.8 Å². The summed E-state index contributed by atoms with van der Waals surface area (Å²) in [5.41, 5.74) is 4.73. The lowest BCUT2D eigenvalue weighted by atomic mass is 10.1. The van der Waals surface area contributed by atoms with Gasteiger partial charge in [-0.05, 0) is 17.5 Å². The first kappa shape index (κ1) is 11.5. The Morgan fingerprint density at radius 2 is 1.88 bits per heavy atom. The Morgan fingerprint density at radius 3 is 2.53 bits per heavy atom. The molecule has 0 saturated heterocycles. The summed E-state index contributed by atoms with van der Waals surface area (Å²) in [7, 11) is 0. The van der Waals surface area contributed by atoms with Gasteiger partial charge in [-0.2, -0.15) is 13.2 Å². The minimum Gasteiger partial charge on any atom is -0.385 e. The average molecular weight is 242 g/mol. The predicted molar refractivity (Wildman–Crippen MR) is 58.7 cm³/mol. The second-order valence-electron chi connectivity index (χ2n) is 3.66. The predicted octanol–water partition coefficient (Wildman–Crippen LogP) is 2.15. The van der Waals surface area contributed by atoms with Crippen molar-refractivity contribution in [3.05, 3.63) is 40.7 Å². The summed E-state index contributed by atoms with van der Waals surface area (Å²) >= 11 is 0. The van der Waals surface area contributed by atoms with Crippen LogP contribution in [0, 0.1) is 0 Å². The lowest BCUT2D eigenvalue weighted by Gasteiger charge is -2.13. The summed E-state index contributed by atoms with van der Waals surface area (Å²) in [6.45, 7) is -1.37. The van der Waals surface area contributed by atoms with Crippen LogP contribution in [-0.4, -0.2) is 10.7 Å². The molecule has 90 valence electrons. The molecule has 0 spiro atoms. The Bertz CT molecular complexity index is 616. The van der Waals surface area contributed by atoms with Gasteiger partial charge in [-0.15, -0.1) is 0 Å². The van der Waals surface area contributed by atoms with Crippen molar-refractivity contribution in [2.45, 2.75) is 12.7 Å². The lowest BCUT2D eigenvalue weighted by Crippen LogP contribution is -2.30. The molecular weight excluding hydrogens is 233 g/mol. The van der Waals surface area contributed by atoms with Crippen LogP contribution in [0.4, 0.5) is 19.0 Å². The van der Waals surface area contributed by atoms with Crippen molar-refractivity contribution in [3.8, 4) is 0 Å². The molecule has 2 N–H and O–H groups in total. The van der Waals surface area contributed by atoms with Crippen LogP contribution in [0.5, 0.6) is 0 Å². The Morgan fingerprint density at radius 1 is 1.24 bits per heavy atom. The summed E-state index contributed by atoms with van der Waals surface area (Å²) in [5.74, 6) is -0.189. The van der Waals surface area contributed by atoms with Gasteiger partial charge < -0.3 is 5.73 Å². The molecule has 0 aliphatic carbocycles. The Hall–Kier alpha value is -1.98. The van der Waals surface area contributed by atoms with E-state index in [1.165, 1.54) is 12.1 Å². The number of hydrogen-bond donors (Lipinski definition) is 1. The van der Waals surface area contributed by atoms with E-state index >= 15 is 0 Å². The van der Waals surface area contributed by atoms with Crippen LogP contribution in [0.1, 0.15) is 0 Å². The molecule has 0 unspecified atom stereocenters. The number of rotatable bonds is 1. The molecule has 0 aliphatic rings. The zero-order valence-electron chi connectivity index (χ0n) is 8.66. The third kappa shape index (κ3) is 2.25. The molecule has 1 heterocycles. The topological polar surface area (TPSA) is 48.0 Å². The molecule has 1 aromatic carbocycles. The van der Waals surface area contributed by atoms with Crippen LogP contribution < -0.4 is 11.3 Å². The van der Waals surface area contributed by atoms with Crippen molar-refractivity contribution in [1.29, 1.82) is 0 Å². The maximum Gasteiger partial charge on any atom is 0.406 e. The van der Waals surface area contributed by atoms with Crippen LogP contribution in [0.15, 0.2) is 35.1 Å². The summed E-state index contributed by atoms with van der Waals surface area (Å²) in [6, 6.07) is 7.75. The number of benzene rings is 1. The SMILES string of the molecule is Nc1cc2ccccc2c(=O)n1CC(F)(F)F. The highest BCUT2D eigenvalue weighted by Crippen LogP contribution is 2.20. The molecule has 1 aromatic heterocycles. The first-order valence-electron chi connectivity index (χ1n) is 4.83. The van der Waals surface area contributed by atoms with Gasteiger partial charge in [0.15, 0.2) is 0 Å². The normalized spacial score (nSPS) is 11.9. The molecule has 0 bridgehead atoms. The smallest absolute Gasteiger partial charge is 0.385 e. The highest BCUT2D eigenvalue weighted by molar-refractivity contribution is 5.83. The summed E-state index contributed by atoms with van der Waals surface area (Å²) in [5, 5.41) is 0.763. The maximum absolute atomic E-state index is 12.3. The highest BCUT2D eigenvalue weighted by atomic mass is 19.4. The van der Waals surface area contributed by atoms with Crippen molar-refractivity contribution < 1.29 is 13.2 Å². The molecule has 0 saturated carbocycles. The molecule has 0 radical (unpaired) electrons. The van der Waals surface area contributed by atoms with Gasteiger partial charge in [-0.3, -0.25) is 9.36 Å². The van der Waals surface area contributed by atoms with Crippen molar-refractivity contribution in [2.75, 3.05) is 5.73 Å². The van der Waals surface area contributed by atoms with Gasteiger partial charge in [0.25, 0.3) is 5.56 Å². The van der Waals surface area contributed by atoms with E-state index in [-0.39, 0.29) is 11.2 Å². The largest absolute Gasteiger partial charge is 0.406 e. The monoisotopic (exact) mass is 242 g/mol. The molecule has 6 heteroatoms. The minimum atomic E-state index is -4.47. The van der Waals surface area contributed by atoms with Crippen molar-refractivity contribution in [3.63, 3.8) is 0 Å². The van der Waals surface area contributed by atoms with E-state index in [0.717, 1.165) is 0 Å². The number of pyridine rings is 1. The van der Waals surface area contributed by atoms with E-state index in [1.54, 1.807) is 18.2 Å². The minimum absolute atomic E-state index is 0.189. The van der Waals surface area contributed by atoms with Crippen LogP contribution in [0.3, 0.4) is 0 Å². The third-order valence-electron chi connectivity index (χ3n) is 2.39. The molecule has 0 aliphatic heterocycles. The number of fused-ring (bicyclic) bond motifs is 1. The molecule has 17 heavy (non-hydrogen) atoms. The summed E-state index contributed by atoms with van der Waals surface area (Å²) in [4.78, 5) is 11.8. The maximum atomic E-state index is 12.3. The van der Waals surface area contributed by atoms with Gasteiger partial charge >= 0.3 is 6.18 Å². The van der Waals surface area contributed by atoms with Crippen molar-refractivity contribution >= 4 is 16.6 Å². The van der Waals surface area contributed by atoms with E-state index in [1.807, 2.05) is 0 Å². The third-order valence-corrected chi connectivity index (χ3v) is 2.39. The zero-order valence-corrected chi connectivity index (χ0v) is 8.66. The molecule has 3 nitrogen and oxygen atoms in total. The number of halogens is 3. The first-order chi connectivity index (χ1) is 7.88. The molecule has 0 atom stereocenters. The second kappa shape index (κ2) is 3.80. The fraction of sp³-hybridized carbons (Fsp3) is 0.182. The standard InChI is InChI=1S/C11H9F3N2O/c12-11(13,14)6-16-9(15)5-7-3-1-2-4-8(7)10(16)17/h1-5H,6,15H2. The number of nitrogen functional groups attached to an aromatic ring is 1. The van der Waals surface area contributed by atoms with E-state index in [4.69, 9.17) is 5.73 Å². The Kier molecular flexibility index (Phi) is 2.57. The zero-order chi connectivity index (χ0) is 12.6. The molecule has 0 fully saturated rings. The molecule has 2 aromatic rings. The Labute approximate surface area is 94.3 Å². The molecule has 2 rings (SSSR count). The second-order valence-corrected chi connectivity index (χ2v) is 3.66. The fourth-order valence-corrected chi connectivity index (χ4v) is 1.66. The van der Waals surface area contributed by atoms with E-state index < -0.39 is 18.3 Å². The number of alkyl halides is 3. The first-order valence-corrected chi connectivity index (χ1v) is 4.83. The van der Waals surface area contributed by atoms with Gasteiger partial charge in [0.1, 0.15) is 12.4 Å². The van der Waals surface area contributed by atoms with Gasteiger partial charge in [0.2, 0.25) is 0 Å². The quantitative estimate of drug-likeness (QED) is 0.832. The van der Waals surface area contributed by atoms with Gasteiger partial charge in [-0.25, -0.2) is 0 Å². The number of anilines is 1. The van der Waals surface area contributed by atoms with E-state index in [2.05, 4.69) is 0 Å². The van der Waals surface area contributed by atoms with Gasteiger partial charge in [0, 0.05) is 5.39 Å². The summed E-state index contributed by atoms with van der Waals surface area (Å²) in [6.07, 6.45) is -4.47. The number of hydrogen-bond acceptors (Lipinski definition) is 2. The summed E-state index contributed by atoms with van der Waals surface area (Å²) < 4.78 is 37.4. The number of aromatic nitrogens is 1. The Balaban J connectivity index is 2.68. The molecular formula is C11H9F3N2O. The lowest BCUT2D eigenvalue weighted by molar-refractivity contribution is -0.140. The highest BCUT2D eigenvalue weighted by Gasteiger charge is 2.29. The number of nitrogens with zero attached hydrogens (tertiary/aromatic N) is 1. The number of nitrogens with two attached hydrogens (primary N) is 1. The van der Waals surface area contributed by atoms with E-state index in [0.29, 0.717) is 9.95 Å². The van der Waals surface area contributed by atoms with Crippen LogP contribution >= 0.6 is 0 Å². The van der Waals surface area contributed by atoms with Gasteiger partial charge in [0.05, 0.1) is 0 Å². The van der Waals surface area contributed by atoms with Crippen LogP contribution in [0.2, 0.25) is 0 Å². The molecule has 0 amide bonds. The van der Waals surface area contributed by atoms with E-state index in [9.17, 15) is 18.0 Å².